The van der Waals surface area contributed by atoms with Crippen LogP contribution in [-0.4, -0.2) is 10.2 Å². The summed E-state index contributed by atoms with van der Waals surface area (Å²) in [6.45, 7) is 0. The Bertz CT molecular complexity index is 743. The Balaban J connectivity index is 1.87. The monoisotopic (exact) mass is 347 g/mol. The molecule has 0 amide bonds. The van der Waals surface area contributed by atoms with Gasteiger partial charge in [-0.25, -0.2) is 0 Å². The van der Waals surface area contributed by atoms with Crippen LogP contribution < -0.4 is 5.73 Å². The van der Waals surface area contributed by atoms with E-state index in [2.05, 4.69) is 0 Å². The number of nitrogens with two attached hydrogens (primary N) is 1. The van der Waals surface area contributed by atoms with Crippen molar-refractivity contribution in [2.75, 3.05) is 0 Å². The highest BCUT2D eigenvalue weighted by molar-refractivity contribution is 5.27. The highest BCUT2D eigenvalue weighted by Gasteiger charge is 2.34. The van der Waals surface area contributed by atoms with Gasteiger partial charge in [0.2, 0.25) is 0 Å². The number of hydrogen-bond acceptors (Lipinski definition) is 3. The molecular formula is C23H25NO2. The van der Waals surface area contributed by atoms with Crippen LogP contribution in [0.1, 0.15) is 41.7 Å². The summed E-state index contributed by atoms with van der Waals surface area (Å²) in [7, 11) is 0. The van der Waals surface area contributed by atoms with Crippen LogP contribution >= 0.6 is 0 Å². The summed E-state index contributed by atoms with van der Waals surface area (Å²) < 4.78 is 0. The first-order valence-corrected chi connectivity index (χ1v) is 8.90. The third-order valence-electron chi connectivity index (χ3n) is 4.81. The summed E-state index contributed by atoms with van der Waals surface area (Å²) in [6, 6.07) is 28.3. The molecule has 3 aromatic rings. The fourth-order valence-corrected chi connectivity index (χ4v) is 3.36. The Hall–Kier alpha value is -2.46. The van der Waals surface area contributed by atoms with Crippen molar-refractivity contribution in [3.8, 4) is 0 Å². The Morgan fingerprint density at radius 1 is 0.692 bits per heavy atom. The van der Waals surface area contributed by atoms with E-state index >= 15 is 0 Å². The van der Waals surface area contributed by atoms with Crippen LogP contribution in [0.3, 0.4) is 0 Å². The van der Waals surface area contributed by atoms with Crippen molar-refractivity contribution in [3.05, 3.63) is 108 Å². The second kappa shape index (κ2) is 8.28. The van der Waals surface area contributed by atoms with Crippen LogP contribution in [-0.2, 0) is 5.60 Å². The predicted molar refractivity (Wildman–Crippen MR) is 104 cm³/mol. The maximum Gasteiger partial charge on any atom is 0.0942 e. The second-order valence-electron chi connectivity index (χ2n) is 6.75. The lowest BCUT2D eigenvalue weighted by Gasteiger charge is -2.33. The molecule has 0 fully saturated rings. The smallest absolute Gasteiger partial charge is 0.0942 e. The minimum absolute atomic E-state index is 0.182. The summed E-state index contributed by atoms with van der Waals surface area (Å²) >= 11 is 0. The zero-order valence-electron chi connectivity index (χ0n) is 14.7. The molecule has 3 unspecified atom stereocenters. The van der Waals surface area contributed by atoms with Gasteiger partial charge in [-0.05, 0) is 23.1 Å². The van der Waals surface area contributed by atoms with E-state index in [1.807, 2.05) is 91.0 Å². The largest absolute Gasteiger partial charge is 0.388 e. The minimum atomic E-state index is -1.23. The lowest BCUT2D eigenvalue weighted by atomic mass is 9.80. The number of hydrogen-bond donors (Lipinski definition) is 3. The molecule has 3 atom stereocenters. The van der Waals surface area contributed by atoms with Gasteiger partial charge in [-0.2, -0.15) is 0 Å². The van der Waals surface area contributed by atoms with Crippen molar-refractivity contribution in [3.63, 3.8) is 0 Å². The predicted octanol–water partition coefficient (Wildman–Crippen LogP) is 4.09. The summed E-state index contributed by atoms with van der Waals surface area (Å²) in [5.74, 6) is 0. The molecule has 0 aromatic heterocycles. The fourth-order valence-electron chi connectivity index (χ4n) is 3.36. The van der Waals surface area contributed by atoms with Gasteiger partial charge in [0.15, 0.2) is 0 Å². The molecule has 0 heterocycles. The van der Waals surface area contributed by atoms with E-state index in [9.17, 15) is 10.2 Å². The molecule has 0 saturated heterocycles. The highest BCUT2D eigenvalue weighted by atomic mass is 16.3. The van der Waals surface area contributed by atoms with E-state index in [0.29, 0.717) is 6.42 Å². The molecule has 3 rings (SSSR count). The van der Waals surface area contributed by atoms with Crippen LogP contribution in [0.4, 0.5) is 0 Å². The lowest BCUT2D eigenvalue weighted by molar-refractivity contribution is -0.0279. The van der Waals surface area contributed by atoms with Gasteiger partial charge in [-0.1, -0.05) is 91.0 Å². The molecule has 4 N–H and O–H groups in total. The minimum Gasteiger partial charge on any atom is -0.388 e. The van der Waals surface area contributed by atoms with Crippen LogP contribution in [0, 0.1) is 0 Å². The summed E-state index contributed by atoms with van der Waals surface area (Å²) in [5.41, 5.74) is 7.68. The van der Waals surface area contributed by atoms with Gasteiger partial charge >= 0.3 is 0 Å². The molecule has 3 heteroatoms. The molecule has 3 aromatic carbocycles. The Morgan fingerprint density at radius 3 is 1.69 bits per heavy atom. The molecule has 134 valence electrons. The number of rotatable bonds is 7. The SMILES string of the molecule is NC(CC(O)(CC(O)c1ccccc1)c1ccccc1)c1ccccc1. The first-order chi connectivity index (χ1) is 12.6. The van der Waals surface area contributed by atoms with Gasteiger partial charge in [0.1, 0.15) is 0 Å². The Labute approximate surface area is 154 Å². The van der Waals surface area contributed by atoms with Gasteiger partial charge in [0.25, 0.3) is 0 Å². The lowest BCUT2D eigenvalue weighted by Crippen LogP contribution is -2.33. The van der Waals surface area contributed by atoms with E-state index in [-0.39, 0.29) is 12.5 Å². The third kappa shape index (κ3) is 4.38. The maximum atomic E-state index is 11.5. The summed E-state index contributed by atoms with van der Waals surface area (Å²) in [5, 5.41) is 22.2. The van der Waals surface area contributed by atoms with Crippen molar-refractivity contribution in [2.24, 2.45) is 5.73 Å². The van der Waals surface area contributed by atoms with Crippen molar-refractivity contribution >= 4 is 0 Å². The van der Waals surface area contributed by atoms with Crippen molar-refractivity contribution in [2.45, 2.75) is 30.6 Å². The Morgan fingerprint density at radius 2 is 1.15 bits per heavy atom. The summed E-state index contributed by atoms with van der Waals surface area (Å²) in [4.78, 5) is 0. The van der Waals surface area contributed by atoms with E-state index in [4.69, 9.17) is 5.73 Å². The van der Waals surface area contributed by atoms with Crippen LogP contribution in [0.2, 0.25) is 0 Å². The first-order valence-electron chi connectivity index (χ1n) is 8.90. The quantitative estimate of drug-likeness (QED) is 0.603. The van der Waals surface area contributed by atoms with Crippen molar-refractivity contribution in [1.29, 1.82) is 0 Å². The number of aliphatic hydroxyl groups is 2. The van der Waals surface area contributed by atoms with Gasteiger partial charge in [0, 0.05) is 12.5 Å². The van der Waals surface area contributed by atoms with E-state index in [0.717, 1.165) is 16.7 Å². The molecule has 0 radical (unpaired) electrons. The zero-order valence-corrected chi connectivity index (χ0v) is 14.7. The zero-order chi connectivity index (χ0) is 18.4. The van der Waals surface area contributed by atoms with Gasteiger partial charge in [-0.15, -0.1) is 0 Å². The fraction of sp³-hybridized carbons (Fsp3) is 0.217. The molecule has 0 spiro atoms. The molecular weight excluding hydrogens is 322 g/mol. The molecule has 26 heavy (non-hydrogen) atoms. The number of aliphatic hydroxyl groups excluding tert-OH is 1. The molecule has 0 aliphatic carbocycles. The van der Waals surface area contributed by atoms with Crippen molar-refractivity contribution < 1.29 is 10.2 Å². The molecule has 0 saturated carbocycles. The highest BCUT2D eigenvalue weighted by Crippen LogP contribution is 2.38. The van der Waals surface area contributed by atoms with Crippen molar-refractivity contribution in [1.82, 2.24) is 0 Å². The van der Waals surface area contributed by atoms with Gasteiger partial charge in [0.05, 0.1) is 11.7 Å². The van der Waals surface area contributed by atoms with Crippen LogP contribution in [0.25, 0.3) is 0 Å². The standard InChI is InChI=1S/C23H25NO2/c24-21(18-10-4-1-5-11-18)16-23(26,20-14-8-3-9-15-20)17-22(25)19-12-6-2-7-13-19/h1-15,21-22,25-26H,16-17,24H2. The maximum absolute atomic E-state index is 11.5. The van der Waals surface area contributed by atoms with Crippen LogP contribution in [0.15, 0.2) is 91.0 Å². The van der Waals surface area contributed by atoms with E-state index in [1.165, 1.54) is 0 Å². The van der Waals surface area contributed by atoms with E-state index in [1.54, 1.807) is 0 Å². The second-order valence-corrected chi connectivity index (χ2v) is 6.75. The third-order valence-corrected chi connectivity index (χ3v) is 4.81. The Kier molecular flexibility index (Phi) is 5.84. The topological polar surface area (TPSA) is 66.5 Å². The molecule has 3 nitrogen and oxygen atoms in total. The van der Waals surface area contributed by atoms with Crippen LogP contribution in [0.5, 0.6) is 0 Å². The van der Waals surface area contributed by atoms with E-state index < -0.39 is 11.7 Å². The average Bonchev–Trinajstić information content (AvgIpc) is 2.70. The molecule has 0 aliphatic heterocycles. The normalized spacial score (nSPS) is 15.8. The number of benzene rings is 3. The van der Waals surface area contributed by atoms with Gasteiger partial charge in [-0.3, -0.25) is 0 Å². The van der Waals surface area contributed by atoms with Gasteiger partial charge < -0.3 is 15.9 Å². The first kappa shape index (κ1) is 18.3. The molecule has 0 bridgehead atoms. The average molecular weight is 347 g/mol. The molecule has 0 aliphatic rings. The summed E-state index contributed by atoms with van der Waals surface area (Å²) in [6.07, 6.45) is -0.267.